The van der Waals surface area contributed by atoms with Gasteiger partial charge in [-0.05, 0) is 64.1 Å². The second-order valence-electron chi connectivity index (χ2n) is 5.39. The summed E-state index contributed by atoms with van der Waals surface area (Å²) in [7, 11) is 0. The molecule has 0 aliphatic carbocycles. The van der Waals surface area contributed by atoms with Crippen molar-refractivity contribution >= 4 is 0 Å². The molecule has 1 aromatic carbocycles. The number of hydrogen-bond acceptors (Lipinski definition) is 0. The van der Waals surface area contributed by atoms with Crippen molar-refractivity contribution in [2.75, 3.05) is 0 Å². The van der Waals surface area contributed by atoms with E-state index in [0.29, 0.717) is 0 Å². The number of nitrogens with zero attached hydrogens (tertiary/aromatic N) is 2. The third kappa shape index (κ3) is 1.88. The van der Waals surface area contributed by atoms with E-state index >= 15 is 0 Å². The molecule has 102 valence electrons. The highest BCUT2D eigenvalue weighted by Gasteiger charge is 2.12. The van der Waals surface area contributed by atoms with Crippen molar-refractivity contribution < 1.29 is 0 Å². The summed E-state index contributed by atoms with van der Waals surface area (Å²) < 4.78 is 4.63. The molecule has 3 rings (SSSR count). The smallest absolute Gasteiger partial charge is 0.0696 e. The summed E-state index contributed by atoms with van der Waals surface area (Å²) in [6, 6.07) is 17.3. The summed E-state index contributed by atoms with van der Waals surface area (Å²) in [6.07, 6.45) is 0. The predicted molar refractivity (Wildman–Crippen MR) is 84.0 cm³/mol. The Balaban J connectivity index is 2.30. The van der Waals surface area contributed by atoms with E-state index in [0.717, 1.165) is 0 Å². The lowest BCUT2D eigenvalue weighted by Gasteiger charge is -2.18. The molecule has 0 saturated carbocycles. The Kier molecular flexibility index (Phi) is 3.01. The van der Waals surface area contributed by atoms with E-state index in [2.05, 4.69) is 85.4 Å². The van der Waals surface area contributed by atoms with E-state index in [1.165, 1.54) is 34.2 Å². The van der Waals surface area contributed by atoms with Gasteiger partial charge in [0.15, 0.2) is 0 Å². The third-order valence-corrected chi connectivity index (χ3v) is 3.91. The minimum absolute atomic E-state index is 1.23. The van der Waals surface area contributed by atoms with E-state index < -0.39 is 0 Å². The number of rotatable bonds is 2. The van der Waals surface area contributed by atoms with Crippen molar-refractivity contribution in [2.45, 2.75) is 27.7 Å². The van der Waals surface area contributed by atoms with Crippen LogP contribution in [0.2, 0.25) is 0 Å². The van der Waals surface area contributed by atoms with E-state index in [9.17, 15) is 0 Å². The maximum atomic E-state index is 2.31. The van der Waals surface area contributed by atoms with Crippen molar-refractivity contribution in [3.05, 3.63) is 71.3 Å². The molecule has 3 aromatic rings. The first-order valence-corrected chi connectivity index (χ1v) is 6.99. The Labute approximate surface area is 120 Å². The summed E-state index contributed by atoms with van der Waals surface area (Å²) in [5.74, 6) is 0. The zero-order valence-corrected chi connectivity index (χ0v) is 12.5. The number of para-hydroxylation sites is 2. The van der Waals surface area contributed by atoms with Crippen LogP contribution in [0.4, 0.5) is 0 Å². The van der Waals surface area contributed by atoms with Crippen LogP contribution in [-0.2, 0) is 0 Å². The van der Waals surface area contributed by atoms with Crippen molar-refractivity contribution in [3.63, 3.8) is 0 Å². The van der Waals surface area contributed by atoms with Crippen LogP contribution in [0, 0.1) is 27.7 Å². The Morgan fingerprint density at radius 3 is 1.10 bits per heavy atom. The average molecular weight is 264 g/mol. The van der Waals surface area contributed by atoms with Gasteiger partial charge in [-0.25, -0.2) is 0 Å². The van der Waals surface area contributed by atoms with Crippen molar-refractivity contribution in [3.8, 4) is 11.4 Å². The van der Waals surface area contributed by atoms with Crippen LogP contribution in [-0.4, -0.2) is 9.13 Å². The average Bonchev–Trinajstić information content (AvgIpc) is 2.93. The van der Waals surface area contributed by atoms with Crippen LogP contribution in [0.5, 0.6) is 0 Å². The molecule has 2 aromatic heterocycles. The first kappa shape index (κ1) is 12.8. The van der Waals surface area contributed by atoms with Gasteiger partial charge in [0.05, 0.1) is 11.4 Å². The highest BCUT2D eigenvalue weighted by molar-refractivity contribution is 5.56. The van der Waals surface area contributed by atoms with E-state index in [-0.39, 0.29) is 0 Å². The van der Waals surface area contributed by atoms with Gasteiger partial charge in [0.25, 0.3) is 0 Å². The maximum absolute atomic E-state index is 2.31. The first-order valence-electron chi connectivity index (χ1n) is 6.99. The minimum Gasteiger partial charge on any atom is -0.316 e. The zero-order chi connectivity index (χ0) is 14.3. The van der Waals surface area contributed by atoms with Gasteiger partial charge in [0, 0.05) is 22.8 Å². The standard InChI is InChI=1S/C18H20N2/c1-13-9-10-14(2)19(13)17-7-5-6-8-18(17)20-15(3)11-12-16(20)4/h5-12H,1-4H3. The Hall–Kier alpha value is -2.22. The van der Waals surface area contributed by atoms with Gasteiger partial charge in [0.2, 0.25) is 0 Å². The number of hydrogen-bond donors (Lipinski definition) is 0. The second-order valence-corrected chi connectivity index (χ2v) is 5.39. The molecule has 0 N–H and O–H groups in total. The van der Waals surface area contributed by atoms with Gasteiger partial charge in [-0.15, -0.1) is 0 Å². The summed E-state index contributed by atoms with van der Waals surface area (Å²) in [5, 5.41) is 0. The quantitative estimate of drug-likeness (QED) is 0.645. The minimum atomic E-state index is 1.23. The van der Waals surface area contributed by atoms with Crippen molar-refractivity contribution in [2.24, 2.45) is 0 Å². The van der Waals surface area contributed by atoms with Crippen molar-refractivity contribution in [1.29, 1.82) is 0 Å². The van der Waals surface area contributed by atoms with Gasteiger partial charge in [0.1, 0.15) is 0 Å². The molecular formula is C18H20N2. The molecule has 2 heteroatoms. The molecular weight excluding hydrogens is 244 g/mol. The van der Waals surface area contributed by atoms with Crippen LogP contribution < -0.4 is 0 Å². The molecule has 0 bridgehead atoms. The highest BCUT2D eigenvalue weighted by atomic mass is 15.1. The maximum Gasteiger partial charge on any atom is 0.0696 e. The van der Waals surface area contributed by atoms with Gasteiger partial charge < -0.3 is 9.13 Å². The van der Waals surface area contributed by atoms with Crippen LogP contribution in [0.15, 0.2) is 48.5 Å². The molecule has 2 heterocycles. The van der Waals surface area contributed by atoms with Gasteiger partial charge in [-0.1, -0.05) is 12.1 Å². The Morgan fingerprint density at radius 2 is 0.800 bits per heavy atom. The van der Waals surface area contributed by atoms with Gasteiger partial charge in [-0.2, -0.15) is 0 Å². The van der Waals surface area contributed by atoms with Crippen LogP contribution in [0.3, 0.4) is 0 Å². The SMILES string of the molecule is Cc1ccc(C)n1-c1ccccc1-n1c(C)ccc1C. The normalized spacial score (nSPS) is 11.0. The zero-order valence-electron chi connectivity index (χ0n) is 12.5. The fourth-order valence-corrected chi connectivity index (χ4v) is 2.94. The lowest BCUT2D eigenvalue weighted by Crippen LogP contribution is -2.07. The third-order valence-electron chi connectivity index (χ3n) is 3.91. The number of aryl methyl sites for hydroxylation is 4. The first-order chi connectivity index (χ1) is 9.59. The van der Waals surface area contributed by atoms with Crippen LogP contribution in [0.1, 0.15) is 22.8 Å². The molecule has 0 aliphatic heterocycles. The fourth-order valence-electron chi connectivity index (χ4n) is 2.94. The number of aromatic nitrogens is 2. The molecule has 0 spiro atoms. The fraction of sp³-hybridized carbons (Fsp3) is 0.222. The molecule has 0 aliphatic rings. The van der Waals surface area contributed by atoms with Gasteiger partial charge in [-0.3, -0.25) is 0 Å². The molecule has 0 unspecified atom stereocenters. The second kappa shape index (κ2) is 4.71. The lowest BCUT2D eigenvalue weighted by molar-refractivity contribution is 0.906. The van der Waals surface area contributed by atoms with Crippen molar-refractivity contribution in [1.82, 2.24) is 9.13 Å². The Morgan fingerprint density at radius 1 is 0.500 bits per heavy atom. The molecule has 2 nitrogen and oxygen atoms in total. The summed E-state index contributed by atoms with van der Waals surface area (Å²) in [6.45, 7) is 8.61. The molecule has 0 radical (unpaired) electrons. The summed E-state index contributed by atoms with van der Waals surface area (Å²) in [5.41, 5.74) is 7.51. The van der Waals surface area contributed by atoms with Crippen LogP contribution in [0.25, 0.3) is 11.4 Å². The topological polar surface area (TPSA) is 9.86 Å². The number of benzene rings is 1. The van der Waals surface area contributed by atoms with E-state index in [1.807, 2.05) is 0 Å². The van der Waals surface area contributed by atoms with E-state index in [1.54, 1.807) is 0 Å². The lowest BCUT2D eigenvalue weighted by atomic mass is 10.2. The molecule has 20 heavy (non-hydrogen) atoms. The predicted octanol–water partition coefficient (Wildman–Crippen LogP) is 4.50. The molecule has 0 amide bonds. The Bertz CT molecular complexity index is 655. The summed E-state index contributed by atoms with van der Waals surface area (Å²) in [4.78, 5) is 0. The highest BCUT2D eigenvalue weighted by Crippen LogP contribution is 2.26. The van der Waals surface area contributed by atoms with E-state index in [4.69, 9.17) is 0 Å². The largest absolute Gasteiger partial charge is 0.316 e. The molecule has 0 fully saturated rings. The monoisotopic (exact) mass is 264 g/mol. The van der Waals surface area contributed by atoms with Gasteiger partial charge >= 0.3 is 0 Å². The summed E-state index contributed by atoms with van der Waals surface area (Å²) >= 11 is 0. The molecule has 0 atom stereocenters. The molecule has 0 saturated heterocycles. The van der Waals surface area contributed by atoms with Crippen LogP contribution >= 0.6 is 0 Å².